The topological polar surface area (TPSA) is 67.2 Å². The van der Waals surface area contributed by atoms with Gasteiger partial charge in [-0.3, -0.25) is 14.5 Å². The summed E-state index contributed by atoms with van der Waals surface area (Å²) in [7, 11) is 0. The molecule has 6 heteroatoms. The third kappa shape index (κ3) is 3.33. The summed E-state index contributed by atoms with van der Waals surface area (Å²) in [6.07, 6.45) is 3.83. The Bertz CT molecular complexity index is 794. The molecule has 6 nitrogen and oxygen atoms in total. The Labute approximate surface area is 147 Å². The van der Waals surface area contributed by atoms with E-state index in [2.05, 4.69) is 30.8 Å². The van der Waals surface area contributed by atoms with E-state index in [0.29, 0.717) is 12.1 Å². The van der Waals surface area contributed by atoms with Crippen molar-refractivity contribution in [3.8, 4) is 0 Å². The van der Waals surface area contributed by atoms with E-state index in [0.717, 1.165) is 17.8 Å². The number of hydrogen-bond donors (Lipinski definition) is 1. The summed E-state index contributed by atoms with van der Waals surface area (Å²) >= 11 is 0. The molecular formula is C19H22N4O2. The maximum Gasteiger partial charge on any atom is 0.259 e. The highest BCUT2D eigenvalue weighted by molar-refractivity contribution is 6.06. The van der Waals surface area contributed by atoms with Crippen LogP contribution in [0.15, 0.2) is 49.2 Å². The fourth-order valence-corrected chi connectivity index (χ4v) is 3.23. The molecule has 1 aromatic carbocycles. The summed E-state index contributed by atoms with van der Waals surface area (Å²) in [6, 6.07) is 9.56. The third-order valence-corrected chi connectivity index (χ3v) is 4.51. The minimum Gasteiger partial charge on any atom is -0.348 e. The van der Waals surface area contributed by atoms with E-state index < -0.39 is 0 Å². The molecule has 1 aliphatic rings. The van der Waals surface area contributed by atoms with Crippen molar-refractivity contribution in [3.05, 3.63) is 60.3 Å². The zero-order valence-corrected chi connectivity index (χ0v) is 14.5. The summed E-state index contributed by atoms with van der Waals surface area (Å²) in [6.45, 7) is 8.00. The predicted molar refractivity (Wildman–Crippen MR) is 96.3 cm³/mol. The van der Waals surface area contributed by atoms with Crippen LogP contribution in [0.4, 0.5) is 5.82 Å². The van der Waals surface area contributed by atoms with Crippen molar-refractivity contribution in [1.82, 2.24) is 15.1 Å². The number of nitrogens with zero attached hydrogens (tertiary/aromatic N) is 3. The third-order valence-electron chi connectivity index (χ3n) is 4.51. The van der Waals surface area contributed by atoms with Crippen LogP contribution in [0.2, 0.25) is 0 Å². The van der Waals surface area contributed by atoms with Crippen molar-refractivity contribution < 1.29 is 9.59 Å². The molecule has 0 bridgehead atoms. The van der Waals surface area contributed by atoms with E-state index in [9.17, 15) is 9.59 Å². The van der Waals surface area contributed by atoms with Gasteiger partial charge in [-0.15, -0.1) is 0 Å². The Balaban J connectivity index is 1.78. The van der Waals surface area contributed by atoms with Gasteiger partial charge < -0.3 is 5.32 Å². The van der Waals surface area contributed by atoms with Crippen LogP contribution < -0.4 is 10.2 Å². The number of carbonyl (C=O) groups excluding carboxylic acids is 2. The minimum absolute atomic E-state index is 0.0390. The molecule has 2 unspecified atom stereocenters. The van der Waals surface area contributed by atoms with Gasteiger partial charge in [-0.25, -0.2) is 4.68 Å². The van der Waals surface area contributed by atoms with Crippen molar-refractivity contribution >= 4 is 17.6 Å². The number of benzene rings is 1. The number of aromatic nitrogens is 2. The van der Waals surface area contributed by atoms with E-state index in [1.54, 1.807) is 18.3 Å². The van der Waals surface area contributed by atoms with Gasteiger partial charge in [0.25, 0.3) is 5.91 Å². The maximum atomic E-state index is 13.0. The summed E-state index contributed by atoms with van der Waals surface area (Å²) < 4.78 is 1.90. The molecular weight excluding hydrogens is 316 g/mol. The molecule has 1 aromatic heterocycles. The van der Waals surface area contributed by atoms with Gasteiger partial charge >= 0.3 is 0 Å². The van der Waals surface area contributed by atoms with Crippen molar-refractivity contribution in [2.75, 3.05) is 4.90 Å². The molecule has 0 saturated heterocycles. The van der Waals surface area contributed by atoms with Gasteiger partial charge in [-0.1, -0.05) is 18.7 Å². The molecule has 0 aliphatic carbocycles. The van der Waals surface area contributed by atoms with Crippen LogP contribution >= 0.6 is 0 Å². The number of carbonyl (C=O) groups is 2. The lowest BCUT2D eigenvalue weighted by Crippen LogP contribution is -2.45. The van der Waals surface area contributed by atoms with Gasteiger partial charge in [0.2, 0.25) is 5.91 Å². The Morgan fingerprint density at radius 1 is 1.24 bits per heavy atom. The van der Waals surface area contributed by atoms with Crippen LogP contribution in [0.3, 0.4) is 0 Å². The molecule has 2 aromatic rings. The van der Waals surface area contributed by atoms with Gasteiger partial charge in [-0.05, 0) is 44.0 Å². The Morgan fingerprint density at radius 3 is 2.64 bits per heavy atom. The van der Waals surface area contributed by atoms with Crippen molar-refractivity contribution in [2.24, 2.45) is 0 Å². The summed E-state index contributed by atoms with van der Waals surface area (Å²) in [5.41, 5.74) is 1.55. The summed E-state index contributed by atoms with van der Waals surface area (Å²) in [4.78, 5) is 26.0. The Hall–Kier alpha value is -2.89. The van der Waals surface area contributed by atoms with Crippen LogP contribution in [0.25, 0.3) is 0 Å². The Kier molecular flexibility index (Phi) is 4.70. The molecule has 1 aliphatic heterocycles. The molecule has 2 heterocycles. The van der Waals surface area contributed by atoms with Crippen molar-refractivity contribution in [3.63, 3.8) is 0 Å². The highest BCUT2D eigenvalue weighted by Crippen LogP contribution is 2.32. The lowest BCUT2D eigenvalue weighted by atomic mass is 10.0. The van der Waals surface area contributed by atoms with Crippen LogP contribution in [0.1, 0.15) is 42.2 Å². The normalized spacial score (nSPS) is 19.2. The lowest BCUT2D eigenvalue weighted by Gasteiger charge is -2.37. The first-order chi connectivity index (χ1) is 12.0. The van der Waals surface area contributed by atoms with Gasteiger partial charge in [0.05, 0.1) is 12.2 Å². The van der Waals surface area contributed by atoms with Gasteiger partial charge in [0.15, 0.2) is 0 Å². The summed E-state index contributed by atoms with van der Waals surface area (Å²) in [5, 5.41) is 7.05. The van der Waals surface area contributed by atoms with Crippen LogP contribution in [0, 0.1) is 0 Å². The molecule has 0 spiro atoms. The standard InChI is InChI=1S/C19H22N4O2/c1-4-17(24)20-12-15-5-7-16(8-6-15)19(25)22-13(2)11-14(3)23-18(22)9-10-21-23/h4-10,13-14H,1,11-12H2,2-3H3,(H,20,24). The highest BCUT2D eigenvalue weighted by atomic mass is 16.2. The van der Waals surface area contributed by atoms with Gasteiger partial charge in [-0.2, -0.15) is 5.10 Å². The first kappa shape index (κ1) is 17.0. The van der Waals surface area contributed by atoms with Crippen LogP contribution in [-0.4, -0.2) is 27.6 Å². The fraction of sp³-hybridized carbons (Fsp3) is 0.316. The molecule has 0 fully saturated rings. The highest BCUT2D eigenvalue weighted by Gasteiger charge is 2.32. The Morgan fingerprint density at radius 2 is 1.96 bits per heavy atom. The molecule has 2 atom stereocenters. The number of amides is 2. The van der Waals surface area contributed by atoms with E-state index in [1.165, 1.54) is 6.08 Å². The van der Waals surface area contributed by atoms with Gasteiger partial charge in [0, 0.05) is 24.2 Å². The smallest absolute Gasteiger partial charge is 0.259 e. The van der Waals surface area contributed by atoms with Crippen LogP contribution in [0.5, 0.6) is 0 Å². The van der Waals surface area contributed by atoms with E-state index in [-0.39, 0.29) is 23.9 Å². The fourth-order valence-electron chi connectivity index (χ4n) is 3.23. The van der Waals surface area contributed by atoms with Crippen molar-refractivity contribution in [2.45, 2.75) is 38.9 Å². The average molecular weight is 338 g/mol. The monoisotopic (exact) mass is 338 g/mol. The van der Waals surface area contributed by atoms with E-state index in [1.807, 2.05) is 27.8 Å². The molecule has 0 saturated carbocycles. The second kappa shape index (κ2) is 6.93. The number of nitrogens with one attached hydrogen (secondary N) is 1. The predicted octanol–water partition coefficient (Wildman–Crippen LogP) is 2.69. The SMILES string of the molecule is C=CC(=O)NCc1ccc(C(=O)N2c3ccnn3C(C)CC2C)cc1. The molecule has 0 radical (unpaired) electrons. The zero-order valence-electron chi connectivity index (χ0n) is 14.5. The zero-order chi connectivity index (χ0) is 18.0. The molecule has 2 amide bonds. The molecule has 3 rings (SSSR count). The van der Waals surface area contributed by atoms with Crippen molar-refractivity contribution in [1.29, 1.82) is 0 Å². The van der Waals surface area contributed by atoms with E-state index >= 15 is 0 Å². The molecule has 25 heavy (non-hydrogen) atoms. The molecule has 130 valence electrons. The number of hydrogen-bond acceptors (Lipinski definition) is 3. The van der Waals surface area contributed by atoms with E-state index in [4.69, 9.17) is 0 Å². The number of anilines is 1. The lowest BCUT2D eigenvalue weighted by molar-refractivity contribution is -0.116. The first-order valence-electron chi connectivity index (χ1n) is 8.37. The molecule has 1 N–H and O–H groups in total. The largest absolute Gasteiger partial charge is 0.348 e. The second-order valence-electron chi connectivity index (χ2n) is 6.36. The average Bonchev–Trinajstić information content (AvgIpc) is 3.09. The maximum absolute atomic E-state index is 13.0. The number of fused-ring (bicyclic) bond motifs is 1. The van der Waals surface area contributed by atoms with Crippen LogP contribution in [-0.2, 0) is 11.3 Å². The first-order valence-corrected chi connectivity index (χ1v) is 8.37. The quantitative estimate of drug-likeness (QED) is 0.872. The minimum atomic E-state index is -0.218. The van der Waals surface area contributed by atoms with Gasteiger partial charge in [0.1, 0.15) is 5.82 Å². The second-order valence-corrected chi connectivity index (χ2v) is 6.36. The summed E-state index contributed by atoms with van der Waals surface area (Å²) in [5.74, 6) is 0.575. The number of rotatable bonds is 4.